The smallest absolute Gasteiger partial charge is 0.410 e. The molecule has 4 nitrogen and oxygen atoms in total. The molecule has 17 heavy (non-hydrogen) atoms. The minimum Gasteiger partial charge on any atom is -0.447 e. The molecule has 92 valence electrons. The summed E-state index contributed by atoms with van der Waals surface area (Å²) in [6.45, 7) is 1.19. The van der Waals surface area contributed by atoms with Crippen molar-refractivity contribution >= 4 is 6.09 Å². The van der Waals surface area contributed by atoms with Gasteiger partial charge in [0.05, 0.1) is 6.04 Å². The average molecular weight is 238 g/mol. The maximum atomic E-state index is 13.6. The molecule has 1 unspecified atom stereocenters. The van der Waals surface area contributed by atoms with Gasteiger partial charge in [0.2, 0.25) is 0 Å². The number of rotatable bonds is 4. The SMILES string of the molecule is NCCCN1C(=O)OCC1c1ccccc1F. The van der Waals surface area contributed by atoms with Crippen molar-refractivity contribution in [2.75, 3.05) is 19.7 Å². The van der Waals surface area contributed by atoms with Gasteiger partial charge in [0.25, 0.3) is 0 Å². The topological polar surface area (TPSA) is 55.6 Å². The number of hydrogen-bond donors (Lipinski definition) is 1. The first-order valence-corrected chi connectivity index (χ1v) is 5.62. The van der Waals surface area contributed by atoms with Crippen molar-refractivity contribution in [3.63, 3.8) is 0 Å². The molecule has 1 aromatic carbocycles. The molecule has 0 spiro atoms. The van der Waals surface area contributed by atoms with Crippen molar-refractivity contribution < 1.29 is 13.9 Å². The Morgan fingerprint density at radius 3 is 2.94 bits per heavy atom. The number of cyclic esters (lactones) is 1. The Labute approximate surface area is 99.2 Å². The van der Waals surface area contributed by atoms with Crippen LogP contribution in [-0.4, -0.2) is 30.7 Å². The van der Waals surface area contributed by atoms with Crippen molar-refractivity contribution in [1.29, 1.82) is 0 Å². The zero-order chi connectivity index (χ0) is 12.3. The van der Waals surface area contributed by atoms with Crippen LogP contribution in [0.1, 0.15) is 18.0 Å². The minimum atomic E-state index is -0.397. The molecule has 0 saturated carbocycles. The Morgan fingerprint density at radius 2 is 2.24 bits per heavy atom. The number of nitrogens with two attached hydrogens (primary N) is 1. The van der Waals surface area contributed by atoms with E-state index in [-0.39, 0.29) is 18.5 Å². The highest BCUT2D eigenvalue weighted by molar-refractivity contribution is 5.70. The Bertz CT molecular complexity index is 411. The summed E-state index contributed by atoms with van der Waals surface area (Å²) in [5, 5.41) is 0. The second-order valence-corrected chi connectivity index (χ2v) is 3.95. The number of amides is 1. The van der Waals surface area contributed by atoms with Crippen LogP contribution in [-0.2, 0) is 4.74 Å². The van der Waals surface area contributed by atoms with Gasteiger partial charge >= 0.3 is 6.09 Å². The molecular weight excluding hydrogens is 223 g/mol. The minimum absolute atomic E-state index is 0.199. The number of ether oxygens (including phenoxy) is 1. The highest BCUT2D eigenvalue weighted by Gasteiger charge is 2.34. The monoisotopic (exact) mass is 238 g/mol. The summed E-state index contributed by atoms with van der Waals surface area (Å²) < 4.78 is 18.6. The number of carbonyl (C=O) groups excluding carboxylic acids is 1. The van der Waals surface area contributed by atoms with Crippen molar-refractivity contribution in [1.82, 2.24) is 4.90 Å². The fourth-order valence-corrected chi connectivity index (χ4v) is 1.96. The van der Waals surface area contributed by atoms with Gasteiger partial charge in [0, 0.05) is 12.1 Å². The van der Waals surface area contributed by atoms with Crippen molar-refractivity contribution in [3.8, 4) is 0 Å². The normalized spacial score (nSPS) is 19.5. The molecule has 1 fully saturated rings. The molecule has 1 aromatic rings. The standard InChI is InChI=1S/C12H15FN2O2/c13-10-5-2-1-4-9(10)11-8-17-12(16)15(11)7-3-6-14/h1-2,4-5,11H,3,6-8,14H2. The Kier molecular flexibility index (Phi) is 3.58. The van der Waals surface area contributed by atoms with E-state index in [0.29, 0.717) is 25.1 Å². The van der Waals surface area contributed by atoms with Crippen LogP contribution in [0.25, 0.3) is 0 Å². The molecule has 1 aliphatic rings. The summed E-state index contributed by atoms with van der Waals surface area (Å²) in [5.41, 5.74) is 5.91. The van der Waals surface area contributed by atoms with Crippen LogP contribution in [0, 0.1) is 5.82 Å². The van der Waals surface area contributed by atoms with Gasteiger partial charge in [0.1, 0.15) is 12.4 Å². The predicted molar refractivity (Wildman–Crippen MR) is 60.9 cm³/mol. The highest BCUT2D eigenvalue weighted by atomic mass is 19.1. The van der Waals surface area contributed by atoms with Crippen LogP contribution in [0.5, 0.6) is 0 Å². The Balaban J connectivity index is 2.19. The lowest BCUT2D eigenvalue weighted by atomic mass is 10.1. The van der Waals surface area contributed by atoms with Crippen LogP contribution >= 0.6 is 0 Å². The Morgan fingerprint density at radius 1 is 1.47 bits per heavy atom. The largest absolute Gasteiger partial charge is 0.447 e. The number of carbonyl (C=O) groups is 1. The van der Waals surface area contributed by atoms with E-state index >= 15 is 0 Å². The lowest BCUT2D eigenvalue weighted by Crippen LogP contribution is -2.30. The van der Waals surface area contributed by atoms with E-state index in [1.165, 1.54) is 11.0 Å². The van der Waals surface area contributed by atoms with Gasteiger partial charge in [-0.1, -0.05) is 18.2 Å². The highest BCUT2D eigenvalue weighted by Crippen LogP contribution is 2.29. The van der Waals surface area contributed by atoms with Crippen LogP contribution in [0.15, 0.2) is 24.3 Å². The molecule has 0 aromatic heterocycles. The second kappa shape index (κ2) is 5.14. The first-order chi connectivity index (χ1) is 8.24. The summed E-state index contributed by atoms with van der Waals surface area (Å²) in [6, 6.07) is 6.11. The van der Waals surface area contributed by atoms with E-state index in [9.17, 15) is 9.18 Å². The van der Waals surface area contributed by atoms with Crippen molar-refractivity contribution in [3.05, 3.63) is 35.6 Å². The van der Waals surface area contributed by atoms with E-state index in [1.807, 2.05) is 0 Å². The van der Waals surface area contributed by atoms with E-state index < -0.39 is 6.09 Å². The molecule has 5 heteroatoms. The molecule has 0 radical (unpaired) electrons. The van der Waals surface area contributed by atoms with Crippen LogP contribution in [0.2, 0.25) is 0 Å². The molecule has 1 atom stereocenters. The summed E-state index contributed by atoms with van der Waals surface area (Å²) in [4.78, 5) is 13.0. The van der Waals surface area contributed by atoms with E-state index in [1.54, 1.807) is 18.2 Å². The molecule has 1 aliphatic heterocycles. The molecule has 1 amide bonds. The summed E-state index contributed by atoms with van der Waals surface area (Å²) in [5.74, 6) is -0.312. The molecule has 0 aliphatic carbocycles. The fraction of sp³-hybridized carbons (Fsp3) is 0.417. The summed E-state index contributed by atoms with van der Waals surface area (Å²) in [7, 11) is 0. The Hall–Kier alpha value is -1.62. The molecule has 1 heterocycles. The van der Waals surface area contributed by atoms with Crippen molar-refractivity contribution in [2.45, 2.75) is 12.5 Å². The molecular formula is C12H15FN2O2. The number of hydrogen-bond acceptors (Lipinski definition) is 3. The lowest BCUT2D eigenvalue weighted by molar-refractivity contribution is 0.157. The first kappa shape index (κ1) is 11.9. The maximum absolute atomic E-state index is 13.6. The molecule has 1 saturated heterocycles. The quantitative estimate of drug-likeness (QED) is 0.868. The van der Waals surface area contributed by atoms with Gasteiger partial charge in [0.15, 0.2) is 0 Å². The lowest BCUT2D eigenvalue weighted by Gasteiger charge is -2.21. The first-order valence-electron chi connectivity index (χ1n) is 5.62. The van der Waals surface area contributed by atoms with E-state index in [0.717, 1.165) is 0 Å². The van der Waals surface area contributed by atoms with Gasteiger partial charge in [-0.3, -0.25) is 4.90 Å². The molecule has 2 rings (SSSR count). The predicted octanol–water partition coefficient (Wildman–Crippen LogP) is 1.67. The van der Waals surface area contributed by atoms with Gasteiger partial charge in [-0.15, -0.1) is 0 Å². The van der Waals surface area contributed by atoms with Crippen LogP contribution in [0.3, 0.4) is 0 Å². The van der Waals surface area contributed by atoms with E-state index in [4.69, 9.17) is 10.5 Å². The van der Waals surface area contributed by atoms with Crippen LogP contribution in [0.4, 0.5) is 9.18 Å². The number of halogens is 1. The summed E-state index contributed by atoms with van der Waals surface area (Å²) in [6.07, 6.45) is 0.284. The third-order valence-electron chi connectivity index (χ3n) is 2.84. The van der Waals surface area contributed by atoms with Gasteiger partial charge < -0.3 is 10.5 Å². The van der Waals surface area contributed by atoms with Crippen molar-refractivity contribution in [2.24, 2.45) is 5.73 Å². The summed E-state index contributed by atoms with van der Waals surface area (Å²) >= 11 is 0. The van der Waals surface area contributed by atoms with Gasteiger partial charge in [-0.05, 0) is 19.0 Å². The van der Waals surface area contributed by atoms with E-state index in [2.05, 4.69) is 0 Å². The third kappa shape index (κ3) is 2.39. The van der Waals surface area contributed by atoms with Gasteiger partial charge in [-0.2, -0.15) is 0 Å². The third-order valence-corrected chi connectivity index (χ3v) is 2.84. The fourth-order valence-electron chi connectivity index (χ4n) is 1.96. The second-order valence-electron chi connectivity index (χ2n) is 3.95. The number of benzene rings is 1. The zero-order valence-corrected chi connectivity index (χ0v) is 9.43. The maximum Gasteiger partial charge on any atom is 0.410 e. The zero-order valence-electron chi connectivity index (χ0n) is 9.43. The van der Waals surface area contributed by atoms with Crippen LogP contribution < -0.4 is 5.73 Å². The number of nitrogens with zero attached hydrogens (tertiary/aromatic N) is 1. The molecule has 0 bridgehead atoms. The van der Waals surface area contributed by atoms with Gasteiger partial charge in [-0.25, -0.2) is 9.18 Å². The molecule has 2 N–H and O–H groups in total. The average Bonchev–Trinajstić information content (AvgIpc) is 2.69.